The Morgan fingerprint density at radius 1 is 1.31 bits per heavy atom. The summed E-state index contributed by atoms with van der Waals surface area (Å²) in [4.78, 5) is 27.9. The number of halogens is 2. The molecule has 0 aliphatic carbocycles. The van der Waals surface area contributed by atoms with E-state index in [0.29, 0.717) is 15.6 Å². The van der Waals surface area contributed by atoms with Gasteiger partial charge in [-0.05, 0) is 29.3 Å². The number of nitrogens with zero attached hydrogens (tertiary/aromatic N) is 4. The Bertz CT molecular complexity index is 1250. The second-order valence-electron chi connectivity index (χ2n) is 7.54. The SMILES string of the molecule is CO[C@@H](CCO[P+](=O)OC[C@@]1(N=[N+]=[N-])OC(n2ccc(=O)[nH]c2=O)[C@H](O)[C@@H]1O)c1cc(Cl)cc(Cl)c1. The van der Waals surface area contributed by atoms with Crippen LogP contribution in [0.4, 0.5) is 0 Å². The molecule has 3 N–H and O–H groups in total. The quantitative estimate of drug-likeness (QED) is 0.159. The number of aliphatic hydroxyl groups excluding tert-OH is 2. The number of hydrogen-bond acceptors (Lipinski definition) is 10. The Labute approximate surface area is 213 Å². The Morgan fingerprint density at radius 2 is 2.00 bits per heavy atom. The fourth-order valence-electron chi connectivity index (χ4n) is 3.53. The summed E-state index contributed by atoms with van der Waals surface area (Å²) >= 11 is 12.0. The van der Waals surface area contributed by atoms with Crippen LogP contribution in [0.2, 0.25) is 10.0 Å². The molecule has 6 atom stereocenters. The largest absolute Gasteiger partial charge is 0.697 e. The van der Waals surface area contributed by atoms with Crippen molar-refractivity contribution in [1.29, 1.82) is 0 Å². The summed E-state index contributed by atoms with van der Waals surface area (Å²) in [6, 6.07) is 5.88. The molecule has 0 spiro atoms. The summed E-state index contributed by atoms with van der Waals surface area (Å²) in [5.41, 5.74) is 5.74. The van der Waals surface area contributed by atoms with Crippen molar-refractivity contribution in [3.05, 3.63) is 77.4 Å². The highest BCUT2D eigenvalue weighted by Crippen LogP contribution is 2.40. The normalized spacial score (nSPS) is 24.8. The number of aromatic nitrogens is 2. The number of H-pyrrole nitrogens is 1. The first-order chi connectivity index (χ1) is 17.1. The van der Waals surface area contributed by atoms with Gasteiger partial charge in [0, 0.05) is 45.3 Å². The lowest BCUT2D eigenvalue weighted by Crippen LogP contribution is -2.44. The fraction of sp³-hybridized carbons (Fsp3) is 0.474. The van der Waals surface area contributed by atoms with E-state index in [4.69, 9.17) is 47.3 Å². The molecule has 0 radical (unpaired) electrons. The summed E-state index contributed by atoms with van der Waals surface area (Å²) in [6.07, 6.45) is -4.42. The van der Waals surface area contributed by atoms with Gasteiger partial charge in [0.05, 0.1) is 6.10 Å². The van der Waals surface area contributed by atoms with Gasteiger partial charge in [0.15, 0.2) is 6.23 Å². The number of rotatable bonds is 11. The average molecular weight is 565 g/mol. The second kappa shape index (κ2) is 12.3. The van der Waals surface area contributed by atoms with Gasteiger partial charge in [-0.1, -0.05) is 28.3 Å². The molecule has 1 aliphatic rings. The van der Waals surface area contributed by atoms with Gasteiger partial charge in [-0.15, -0.1) is 9.05 Å². The molecule has 1 aliphatic heterocycles. The topological polar surface area (TPSA) is 198 Å². The van der Waals surface area contributed by atoms with E-state index in [2.05, 4.69) is 10.0 Å². The fourth-order valence-corrected chi connectivity index (χ4v) is 4.69. The van der Waals surface area contributed by atoms with Crippen molar-refractivity contribution < 1.29 is 33.3 Å². The van der Waals surface area contributed by atoms with Crippen LogP contribution in [0.3, 0.4) is 0 Å². The highest BCUT2D eigenvalue weighted by Gasteiger charge is 2.57. The number of aromatic amines is 1. The number of nitrogens with one attached hydrogen (secondary N) is 1. The van der Waals surface area contributed by atoms with Crippen LogP contribution >= 0.6 is 31.5 Å². The molecule has 2 heterocycles. The van der Waals surface area contributed by atoms with Crippen LogP contribution in [0.1, 0.15) is 24.3 Å². The first kappa shape index (κ1) is 28.2. The van der Waals surface area contributed by atoms with Crippen LogP contribution in [0.5, 0.6) is 0 Å². The third kappa shape index (κ3) is 6.50. The lowest BCUT2D eigenvalue weighted by Gasteiger charge is -2.23. The first-order valence-corrected chi connectivity index (χ1v) is 12.1. The predicted octanol–water partition coefficient (Wildman–Crippen LogP) is 2.57. The summed E-state index contributed by atoms with van der Waals surface area (Å²) in [7, 11) is -1.33. The van der Waals surface area contributed by atoms with Gasteiger partial charge in [0.25, 0.3) is 5.56 Å². The third-order valence-electron chi connectivity index (χ3n) is 5.24. The van der Waals surface area contributed by atoms with E-state index < -0.39 is 56.4 Å². The maximum absolute atomic E-state index is 12.3. The van der Waals surface area contributed by atoms with Crippen LogP contribution in [0, 0.1) is 0 Å². The van der Waals surface area contributed by atoms with Crippen molar-refractivity contribution in [1.82, 2.24) is 9.55 Å². The van der Waals surface area contributed by atoms with E-state index in [0.717, 1.165) is 16.8 Å². The van der Waals surface area contributed by atoms with Gasteiger partial charge in [0.1, 0.15) is 25.4 Å². The molecule has 36 heavy (non-hydrogen) atoms. The van der Waals surface area contributed by atoms with Crippen molar-refractivity contribution in [2.45, 2.75) is 36.7 Å². The smallest absolute Gasteiger partial charge is 0.387 e. The summed E-state index contributed by atoms with van der Waals surface area (Å²) < 4.78 is 34.2. The van der Waals surface area contributed by atoms with Gasteiger partial charge < -0.3 is 19.7 Å². The lowest BCUT2D eigenvalue weighted by molar-refractivity contribution is -0.121. The van der Waals surface area contributed by atoms with E-state index in [9.17, 15) is 24.4 Å². The van der Waals surface area contributed by atoms with Gasteiger partial charge in [-0.25, -0.2) is 4.79 Å². The molecule has 0 amide bonds. The van der Waals surface area contributed by atoms with Crippen molar-refractivity contribution >= 4 is 31.5 Å². The monoisotopic (exact) mass is 564 g/mol. The molecule has 1 aromatic heterocycles. The molecule has 0 saturated carbocycles. The third-order valence-corrected chi connectivity index (χ3v) is 6.41. The molecule has 17 heteroatoms. The predicted molar refractivity (Wildman–Crippen MR) is 126 cm³/mol. The number of methoxy groups -OCH3 is 1. The molecule has 194 valence electrons. The molecule has 1 aromatic carbocycles. The molecule has 1 fully saturated rings. The number of aliphatic hydroxyl groups is 2. The number of hydrogen-bond donors (Lipinski definition) is 3. The van der Waals surface area contributed by atoms with Crippen LogP contribution in [-0.4, -0.2) is 58.0 Å². The summed E-state index contributed by atoms with van der Waals surface area (Å²) in [5, 5.41) is 25.1. The Kier molecular flexibility index (Phi) is 9.61. The van der Waals surface area contributed by atoms with E-state index >= 15 is 0 Å². The van der Waals surface area contributed by atoms with Crippen LogP contribution in [0.25, 0.3) is 10.4 Å². The Hall–Kier alpha value is -2.35. The van der Waals surface area contributed by atoms with Crippen molar-refractivity contribution in [3.63, 3.8) is 0 Å². The number of ether oxygens (including phenoxy) is 2. The van der Waals surface area contributed by atoms with E-state index in [-0.39, 0.29) is 13.0 Å². The second-order valence-corrected chi connectivity index (χ2v) is 9.38. The zero-order valence-corrected chi connectivity index (χ0v) is 21.0. The van der Waals surface area contributed by atoms with Crippen molar-refractivity contribution in [3.8, 4) is 0 Å². The molecule has 2 aromatic rings. The van der Waals surface area contributed by atoms with Gasteiger partial charge in [-0.2, -0.15) is 0 Å². The zero-order chi connectivity index (χ0) is 26.5. The molecule has 2 unspecified atom stereocenters. The Balaban J connectivity index is 1.63. The van der Waals surface area contributed by atoms with Crippen LogP contribution in [-0.2, 0) is 23.1 Å². The van der Waals surface area contributed by atoms with Crippen LogP contribution in [0.15, 0.2) is 45.2 Å². The summed E-state index contributed by atoms with van der Waals surface area (Å²) in [5.74, 6) is 0. The highest BCUT2D eigenvalue weighted by molar-refractivity contribution is 7.33. The Morgan fingerprint density at radius 3 is 2.61 bits per heavy atom. The highest BCUT2D eigenvalue weighted by atomic mass is 35.5. The zero-order valence-electron chi connectivity index (χ0n) is 18.6. The minimum atomic E-state index is -2.80. The molecule has 1 saturated heterocycles. The standard InChI is InChI=1S/C19H20Cl2N5O9P/c1-32-13(10-6-11(20)8-12(21)7-10)3-5-33-36(31)34-9-19(24-25-22)16(29)15(28)17(35-19)26-4-2-14(27)23-18(26)30/h2,4,6-8,13,15-17,28-29H,3,5,9H2,1H3/p+1/t13-,15+,16-,17?,19+/m0/s1. The summed E-state index contributed by atoms with van der Waals surface area (Å²) in [6.45, 7) is -0.884. The van der Waals surface area contributed by atoms with Gasteiger partial charge >= 0.3 is 13.9 Å². The minimum absolute atomic E-state index is 0.0895. The molecule has 3 rings (SSSR count). The number of benzene rings is 1. The molecule has 0 bridgehead atoms. The van der Waals surface area contributed by atoms with Crippen molar-refractivity contribution in [2.75, 3.05) is 20.3 Å². The van der Waals surface area contributed by atoms with Gasteiger partial charge in [0.2, 0.25) is 5.72 Å². The molecular formula is C19H21Cl2N5O9P+. The number of azide groups is 1. The lowest BCUT2D eigenvalue weighted by atomic mass is 10.1. The molecular weight excluding hydrogens is 544 g/mol. The minimum Gasteiger partial charge on any atom is -0.387 e. The maximum atomic E-state index is 12.3. The van der Waals surface area contributed by atoms with E-state index in [1.165, 1.54) is 7.11 Å². The van der Waals surface area contributed by atoms with Crippen molar-refractivity contribution in [2.24, 2.45) is 5.11 Å². The van der Waals surface area contributed by atoms with E-state index in [1.807, 2.05) is 4.98 Å². The maximum Gasteiger partial charge on any atom is 0.697 e. The van der Waals surface area contributed by atoms with E-state index in [1.54, 1.807) is 18.2 Å². The van der Waals surface area contributed by atoms with Gasteiger partial charge in [-0.3, -0.25) is 14.3 Å². The van der Waals surface area contributed by atoms with Crippen LogP contribution < -0.4 is 11.2 Å². The molecule has 14 nitrogen and oxygen atoms in total. The first-order valence-electron chi connectivity index (χ1n) is 10.2. The average Bonchev–Trinajstić information content (AvgIpc) is 3.05.